The van der Waals surface area contributed by atoms with Gasteiger partial charge in [0.05, 0.1) is 6.61 Å². The zero-order valence-electron chi connectivity index (χ0n) is 9.94. The van der Waals surface area contributed by atoms with E-state index in [2.05, 4.69) is 4.90 Å². The van der Waals surface area contributed by atoms with E-state index in [1.54, 1.807) is 6.07 Å². The molecule has 1 saturated heterocycles. The van der Waals surface area contributed by atoms with Crippen LogP contribution in [0.4, 0.5) is 4.39 Å². The number of nitrogens with two attached hydrogens (primary N) is 1. The van der Waals surface area contributed by atoms with E-state index in [1.165, 1.54) is 12.1 Å². The number of hydrogen-bond acceptors (Lipinski definition) is 3. The summed E-state index contributed by atoms with van der Waals surface area (Å²) >= 11 is 0. The molecule has 0 aliphatic carbocycles. The van der Waals surface area contributed by atoms with Crippen LogP contribution in [-0.4, -0.2) is 37.7 Å². The summed E-state index contributed by atoms with van der Waals surface area (Å²) in [6, 6.07) is 6.40. The van der Waals surface area contributed by atoms with Crippen molar-refractivity contribution in [3.63, 3.8) is 0 Å². The molecule has 2 rings (SSSR count). The van der Waals surface area contributed by atoms with Gasteiger partial charge in [0.15, 0.2) is 0 Å². The molecular weight excluding hydrogens is 219 g/mol. The molecule has 2 N–H and O–H groups in total. The topological polar surface area (TPSA) is 38.5 Å². The van der Waals surface area contributed by atoms with Crippen LogP contribution in [0.3, 0.4) is 0 Å². The van der Waals surface area contributed by atoms with Crippen LogP contribution in [-0.2, 0) is 4.74 Å². The fraction of sp³-hybridized carbons (Fsp3) is 0.538. The highest BCUT2D eigenvalue weighted by molar-refractivity contribution is 5.20. The number of nitrogens with zero attached hydrogens (tertiary/aromatic N) is 1. The fourth-order valence-corrected chi connectivity index (χ4v) is 2.10. The first-order chi connectivity index (χ1) is 8.25. The van der Waals surface area contributed by atoms with Gasteiger partial charge in [0.1, 0.15) is 5.82 Å². The lowest BCUT2D eigenvalue weighted by Crippen LogP contribution is -2.34. The molecule has 3 nitrogen and oxygen atoms in total. The molecular formula is C13H19FN2O. The van der Waals surface area contributed by atoms with Crippen LogP contribution in [0.2, 0.25) is 0 Å². The highest BCUT2D eigenvalue weighted by Crippen LogP contribution is 2.14. The maximum Gasteiger partial charge on any atom is 0.123 e. The van der Waals surface area contributed by atoms with Crippen molar-refractivity contribution in [1.29, 1.82) is 0 Å². The van der Waals surface area contributed by atoms with Crippen LogP contribution in [0, 0.1) is 5.82 Å². The lowest BCUT2D eigenvalue weighted by Gasteiger charge is -2.23. The number of hydrogen-bond donors (Lipinski definition) is 1. The molecule has 1 atom stereocenters. The van der Waals surface area contributed by atoms with Gasteiger partial charge in [-0.25, -0.2) is 4.39 Å². The first-order valence-corrected chi connectivity index (χ1v) is 6.07. The van der Waals surface area contributed by atoms with Gasteiger partial charge in [-0.1, -0.05) is 12.1 Å². The minimum absolute atomic E-state index is 0.135. The molecule has 0 aromatic heterocycles. The Morgan fingerprint density at radius 3 is 3.06 bits per heavy atom. The average Bonchev–Trinajstić information content (AvgIpc) is 2.57. The molecule has 1 aliphatic heterocycles. The molecule has 1 aliphatic rings. The van der Waals surface area contributed by atoms with Gasteiger partial charge in [0.2, 0.25) is 0 Å². The Kier molecular flexibility index (Phi) is 4.48. The summed E-state index contributed by atoms with van der Waals surface area (Å²) in [4.78, 5) is 2.28. The van der Waals surface area contributed by atoms with Crippen molar-refractivity contribution in [2.45, 2.75) is 12.5 Å². The van der Waals surface area contributed by atoms with Crippen molar-refractivity contribution in [3.8, 4) is 0 Å². The minimum atomic E-state index is -0.225. The van der Waals surface area contributed by atoms with Crippen molar-refractivity contribution < 1.29 is 9.13 Å². The van der Waals surface area contributed by atoms with Gasteiger partial charge in [0, 0.05) is 32.3 Å². The smallest absolute Gasteiger partial charge is 0.123 e. The Hall–Kier alpha value is -0.970. The Morgan fingerprint density at radius 2 is 2.24 bits per heavy atom. The lowest BCUT2D eigenvalue weighted by molar-refractivity contribution is 0.140. The highest BCUT2D eigenvalue weighted by atomic mass is 19.1. The van der Waals surface area contributed by atoms with Gasteiger partial charge < -0.3 is 10.5 Å². The second-order valence-electron chi connectivity index (χ2n) is 4.43. The lowest BCUT2D eigenvalue weighted by atomic mass is 10.1. The predicted molar refractivity (Wildman–Crippen MR) is 65.2 cm³/mol. The van der Waals surface area contributed by atoms with Crippen LogP contribution in [0.25, 0.3) is 0 Å². The van der Waals surface area contributed by atoms with Crippen molar-refractivity contribution in [1.82, 2.24) is 4.90 Å². The standard InChI is InChI=1S/C13H19FN2O/c14-12-4-1-3-11(9-12)13(15)10-16-5-2-7-17-8-6-16/h1,3-4,9,13H,2,5-8,10,15H2. The predicted octanol–water partition coefficient (Wildman–Crippen LogP) is 1.55. The largest absolute Gasteiger partial charge is 0.380 e. The van der Waals surface area contributed by atoms with Crippen molar-refractivity contribution in [2.24, 2.45) is 5.73 Å². The zero-order valence-corrected chi connectivity index (χ0v) is 9.94. The Balaban J connectivity index is 1.93. The second-order valence-corrected chi connectivity index (χ2v) is 4.43. The first-order valence-electron chi connectivity index (χ1n) is 6.07. The van der Waals surface area contributed by atoms with Gasteiger partial charge in [-0.05, 0) is 24.1 Å². The van der Waals surface area contributed by atoms with E-state index in [0.29, 0.717) is 0 Å². The number of halogens is 1. The molecule has 1 aromatic carbocycles. The number of ether oxygens (including phenoxy) is 1. The molecule has 1 heterocycles. The SMILES string of the molecule is NC(CN1CCCOCC1)c1cccc(F)c1. The second kappa shape index (κ2) is 6.10. The molecule has 0 amide bonds. The van der Waals surface area contributed by atoms with Gasteiger partial charge in [-0.15, -0.1) is 0 Å². The van der Waals surface area contributed by atoms with Crippen molar-refractivity contribution >= 4 is 0 Å². The molecule has 1 unspecified atom stereocenters. The molecule has 4 heteroatoms. The quantitative estimate of drug-likeness (QED) is 0.868. The van der Waals surface area contributed by atoms with Crippen LogP contribution >= 0.6 is 0 Å². The number of rotatable bonds is 3. The maximum atomic E-state index is 13.1. The van der Waals surface area contributed by atoms with Gasteiger partial charge in [-0.3, -0.25) is 4.90 Å². The third kappa shape index (κ3) is 3.77. The summed E-state index contributed by atoms with van der Waals surface area (Å²) in [5.41, 5.74) is 6.95. The molecule has 0 saturated carbocycles. The Morgan fingerprint density at radius 1 is 1.35 bits per heavy atom. The van der Waals surface area contributed by atoms with E-state index in [4.69, 9.17) is 10.5 Å². The van der Waals surface area contributed by atoms with Crippen molar-refractivity contribution in [2.75, 3.05) is 32.8 Å². The summed E-state index contributed by atoms with van der Waals surface area (Å²) in [7, 11) is 0. The van der Waals surface area contributed by atoms with Gasteiger partial charge in [0.25, 0.3) is 0 Å². The van der Waals surface area contributed by atoms with Gasteiger partial charge in [-0.2, -0.15) is 0 Å². The maximum absolute atomic E-state index is 13.1. The summed E-state index contributed by atoms with van der Waals surface area (Å²) in [6.45, 7) is 4.25. The van der Waals surface area contributed by atoms with Crippen LogP contribution in [0.1, 0.15) is 18.0 Å². The van der Waals surface area contributed by atoms with Gasteiger partial charge >= 0.3 is 0 Å². The zero-order chi connectivity index (χ0) is 12.1. The first kappa shape index (κ1) is 12.5. The summed E-state index contributed by atoms with van der Waals surface area (Å²) < 4.78 is 18.5. The van der Waals surface area contributed by atoms with E-state index in [1.807, 2.05) is 6.07 Å². The normalized spacial score (nSPS) is 19.9. The highest BCUT2D eigenvalue weighted by Gasteiger charge is 2.14. The molecule has 1 aromatic rings. The average molecular weight is 238 g/mol. The molecule has 1 fully saturated rings. The fourth-order valence-electron chi connectivity index (χ4n) is 2.10. The molecule has 0 spiro atoms. The van der Waals surface area contributed by atoms with E-state index < -0.39 is 0 Å². The van der Waals surface area contributed by atoms with E-state index in [-0.39, 0.29) is 11.9 Å². The minimum Gasteiger partial charge on any atom is -0.380 e. The third-order valence-electron chi connectivity index (χ3n) is 3.05. The molecule has 17 heavy (non-hydrogen) atoms. The number of benzene rings is 1. The molecule has 0 radical (unpaired) electrons. The van der Waals surface area contributed by atoms with E-state index in [9.17, 15) is 4.39 Å². The third-order valence-corrected chi connectivity index (χ3v) is 3.05. The van der Waals surface area contributed by atoms with Crippen molar-refractivity contribution in [3.05, 3.63) is 35.6 Å². The van der Waals surface area contributed by atoms with E-state index in [0.717, 1.165) is 44.8 Å². The van der Waals surface area contributed by atoms with Crippen LogP contribution < -0.4 is 5.73 Å². The van der Waals surface area contributed by atoms with Crippen LogP contribution in [0.5, 0.6) is 0 Å². The summed E-state index contributed by atoms with van der Waals surface area (Å²) in [5.74, 6) is -0.225. The van der Waals surface area contributed by atoms with E-state index >= 15 is 0 Å². The Bertz CT molecular complexity index is 351. The monoisotopic (exact) mass is 238 g/mol. The Labute approximate surface area is 101 Å². The van der Waals surface area contributed by atoms with Crippen LogP contribution in [0.15, 0.2) is 24.3 Å². The molecule has 0 bridgehead atoms. The molecule has 94 valence electrons. The summed E-state index contributed by atoms with van der Waals surface area (Å²) in [6.07, 6.45) is 1.04. The summed E-state index contributed by atoms with van der Waals surface area (Å²) in [5, 5.41) is 0.